The maximum absolute atomic E-state index is 12.9. The fourth-order valence-corrected chi connectivity index (χ4v) is 4.00. The second kappa shape index (κ2) is 9.52. The first-order chi connectivity index (χ1) is 13.7. The number of aromatic nitrogens is 1. The van der Waals surface area contributed by atoms with E-state index in [1.54, 1.807) is 13.3 Å². The lowest BCUT2D eigenvalue weighted by Crippen LogP contribution is -2.47. The summed E-state index contributed by atoms with van der Waals surface area (Å²) < 4.78 is 16.7. The zero-order valence-corrected chi connectivity index (χ0v) is 17.4. The summed E-state index contributed by atoms with van der Waals surface area (Å²) in [5.74, 6) is 1.37. The Kier molecular flexibility index (Phi) is 7.05. The van der Waals surface area contributed by atoms with Gasteiger partial charge in [-0.15, -0.1) is 12.4 Å². The van der Waals surface area contributed by atoms with Crippen LogP contribution in [-0.2, 0) is 4.74 Å². The molecule has 0 aliphatic carbocycles. The van der Waals surface area contributed by atoms with Crippen molar-refractivity contribution in [2.24, 2.45) is 5.41 Å². The molecule has 0 atom stereocenters. The standard InChI is InChI=1S/C21H27N3O4.ClH/c1-26-14-21(4-6-22-7-5-21)13-24-20(25)17-12-23-11-16(17)15-2-3-18-19(10-15)28-9-8-27-18;/h2-3,10-12,22-23H,4-9,13-14H2,1H3,(H,24,25);1H. The van der Waals surface area contributed by atoms with Gasteiger partial charge in [-0.25, -0.2) is 0 Å². The molecule has 2 aromatic rings. The van der Waals surface area contributed by atoms with Crippen LogP contribution in [0.3, 0.4) is 0 Å². The molecule has 1 amide bonds. The minimum atomic E-state index is -0.0832. The monoisotopic (exact) mass is 421 g/mol. The first-order valence-electron chi connectivity index (χ1n) is 9.75. The number of H-pyrrole nitrogens is 1. The molecular formula is C21H28ClN3O4. The predicted octanol–water partition coefficient (Wildman–Crippen LogP) is 2.62. The van der Waals surface area contributed by atoms with E-state index < -0.39 is 0 Å². The summed E-state index contributed by atoms with van der Waals surface area (Å²) in [5.41, 5.74) is 2.38. The summed E-state index contributed by atoms with van der Waals surface area (Å²) in [7, 11) is 1.72. The minimum absolute atomic E-state index is 0. The van der Waals surface area contributed by atoms with Crippen molar-refractivity contribution in [3.8, 4) is 22.6 Å². The van der Waals surface area contributed by atoms with E-state index in [0.717, 1.165) is 42.8 Å². The summed E-state index contributed by atoms with van der Waals surface area (Å²) in [4.78, 5) is 16.0. The van der Waals surface area contributed by atoms with Gasteiger partial charge in [-0.3, -0.25) is 4.79 Å². The fraction of sp³-hybridized carbons (Fsp3) is 0.476. The maximum atomic E-state index is 12.9. The van der Waals surface area contributed by atoms with E-state index in [1.807, 2.05) is 24.4 Å². The first kappa shape index (κ1) is 21.5. The lowest BCUT2D eigenvalue weighted by molar-refractivity contribution is 0.0512. The number of aromatic amines is 1. The molecule has 1 fully saturated rings. The zero-order valence-electron chi connectivity index (χ0n) is 16.6. The second-order valence-corrected chi connectivity index (χ2v) is 7.51. The largest absolute Gasteiger partial charge is 0.486 e. The molecule has 0 unspecified atom stereocenters. The molecule has 0 spiro atoms. The number of piperidine rings is 1. The van der Waals surface area contributed by atoms with E-state index in [9.17, 15) is 4.79 Å². The Morgan fingerprint density at radius 2 is 1.93 bits per heavy atom. The molecule has 1 aromatic carbocycles. The van der Waals surface area contributed by atoms with E-state index in [-0.39, 0.29) is 23.7 Å². The number of carbonyl (C=O) groups excluding carboxylic acids is 1. The van der Waals surface area contributed by atoms with Crippen molar-refractivity contribution >= 4 is 18.3 Å². The SMILES string of the molecule is COCC1(CNC(=O)c2c[nH]cc2-c2ccc3c(c2)OCCO3)CCNCC1.Cl. The minimum Gasteiger partial charge on any atom is -0.486 e. The van der Waals surface area contributed by atoms with Gasteiger partial charge in [0.2, 0.25) is 0 Å². The highest BCUT2D eigenvalue weighted by molar-refractivity contribution is 6.01. The van der Waals surface area contributed by atoms with Gasteiger partial charge in [0, 0.05) is 37.0 Å². The average Bonchev–Trinajstić information content (AvgIpc) is 3.23. The number of rotatable bonds is 6. The number of hydrogen-bond donors (Lipinski definition) is 3. The molecule has 4 rings (SSSR count). The lowest BCUT2D eigenvalue weighted by atomic mass is 9.79. The van der Waals surface area contributed by atoms with Gasteiger partial charge in [-0.05, 0) is 43.6 Å². The molecule has 3 N–H and O–H groups in total. The Hall–Kier alpha value is -2.22. The quantitative estimate of drug-likeness (QED) is 0.667. The van der Waals surface area contributed by atoms with Gasteiger partial charge in [-0.1, -0.05) is 6.07 Å². The topological polar surface area (TPSA) is 84.6 Å². The van der Waals surface area contributed by atoms with Crippen molar-refractivity contribution in [3.63, 3.8) is 0 Å². The third-order valence-corrected chi connectivity index (χ3v) is 5.58. The molecule has 158 valence electrons. The molecule has 1 saturated heterocycles. The van der Waals surface area contributed by atoms with E-state index in [2.05, 4.69) is 15.6 Å². The molecule has 2 aliphatic heterocycles. The number of benzene rings is 1. The molecular weight excluding hydrogens is 394 g/mol. The second-order valence-electron chi connectivity index (χ2n) is 7.51. The highest BCUT2D eigenvalue weighted by atomic mass is 35.5. The van der Waals surface area contributed by atoms with Crippen LogP contribution in [0.15, 0.2) is 30.6 Å². The Balaban J connectivity index is 0.00000240. The molecule has 0 bridgehead atoms. The van der Waals surface area contributed by atoms with Crippen LogP contribution in [-0.4, -0.2) is 57.5 Å². The maximum Gasteiger partial charge on any atom is 0.253 e. The third kappa shape index (κ3) is 4.69. The van der Waals surface area contributed by atoms with E-state index >= 15 is 0 Å². The lowest BCUT2D eigenvalue weighted by Gasteiger charge is -2.37. The van der Waals surface area contributed by atoms with Gasteiger partial charge in [0.05, 0.1) is 12.2 Å². The van der Waals surface area contributed by atoms with Gasteiger partial charge in [0.25, 0.3) is 5.91 Å². The summed E-state index contributed by atoms with van der Waals surface area (Å²) >= 11 is 0. The summed E-state index contributed by atoms with van der Waals surface area (Å²) in [6, 6.07) is 5.77. The van der Waals surface area contributed by atoms with Crippen LogP contribution in [0.2, 0.25) is 0 Å². The van der Waals surface area contributed by atoms with Crippen LogP contribution < -0.4 is 20.1 Å². The van der Waals surface area contributed by atoms with Crippen molar-refractivity contribution in [2.45, 2.75) is 12.8 Å². The van der Waals surface area contributed by atoms with Crippen LogP contribution in [0.1, 0.15) is 23.2 Å². The number of fused-ring (bicyclic) bond motifs is 1. The molecule has 1 aromatic heterocycles. The highest BCUT2D eigenvalue weighted by Gasteiger charge is 2.33. The molecule has 8 heteroatoms. The first-order valence-corrected chi connectivity index (χ1v) is 9.75. The van der Waals surface area contributed by atoms with Gasteiger partial charge in [0.15, 0.2) is 11.5 Å². The Morgan fingerprint density at radius 3 is 2.69 bits per heavy atom. The number of amides is 1. The number of nitrogens with one attached hydrogen (secondary N) is 3. The number of halogens is 1. The van der Waals surface area contributed by atoms with Gasteiger partial charge < -0.3 is 29.8 Å². The Labute approximate surface area is 176 Å². The van der Waals surface area contributed by atoms with Gasteiger partial charge in [-0.2, -0.15) is 0 Å². The predicted molar refractivity (Wildman–Crippen MR) is 113 cm³/mol. The third-order valence-electron chi connectivity index (χ3n) is 5.58. The van der Waals surface area contributed by atoms with Gasteiger partial charge in [0.1, 0.15) is 13.2 Å². The number of hydrogen-bond acceptors (Lipinski definition) is 5. The van der Waals surface area contributed by atoms with Crippen LogP contribution >= 0.6 is 12.4 Å². The molecule has 29 heavy (non-hydrogen) atoms. The highest BCUT2D eigenvalue weighted by Crippen LogP contribution is 2.35. The average molecular weight is 422 g/mol. The van der Waals surface area contributed by atoms with Crippen LogP contribution in [0.4, 0.5) is 0 Å². The molecule has 0 radical (unpaired) electrons. The van der Waals surface area contributed by atoms with E-state index in [0.29, 0.717) is 37.7 Å². The normalized spacial score (nSPS) is 17.3. The molecule has 2 aliphatic rings. The zero-order chi connectivity index (χ0) is 19.4. The van der Waals surface area contributed by atoms with Crippen molar-refractivity contribution in [1.29, 1.82) is 0 Å². The van der Waals surface area contributed by atoms with Crippen molar-refractivity contribution in [1.82, 2.24) is 15.6 Å². The summed E-state index contributed by atoms with van der Waals surface area (Å²) in [6.45, 7) is 4.25. The van der Waals surface area contributed by atoms with Crippen molar-refractivity contribution in [2.75, 3.05) is 46.6 Å². The summed E-state index contributed by atoms with van der Waals surface area (Å²) in [6.07, 6.45) is 5.56. The molecule has 7 nitrogen and oxygen atoms in total. The molecule has 0 saturated carbocycles. The number of methoxy groups -OCH3 is 1. The Bertz CT molecular complexity index is 828. The Morgan fingerprint density at radius 1 is 1.17 bits per heavy atom. The smallest absolute Gasteiger partial charge is 0.253 e. The van der Waals surface area contributed by atoms with Crippen molar-refractivity contribution in [3.05, 3.63) is 36.2 Å². The number of ether oxygens (including phenoxy) is 3. The summed E-state index contributed by atoms with van der Waals surface area (Å²) in [5, 5.41) is 6.50. The van der Waals surface area contributed by atoms with Crippen LogP contribution in [0.5, 0.6) is 11.5 Å². The van der Waals surface area contributed by atoms with Crippen LogP contribution in [0.25, 0.3) is 11.1 Å². The molecule has 3 heterocycles. The van der Waals surface area contributed by atoms with E-state index in [4.69, 9.17) is 14.2 Å². The number of carbonyl (C=O) groups is 1. The van der Waals surface area contributed by atoms with Crippen LogP contribution in [0, 0.1) is 5.41 Å². The van der Waals surface area contributed by atoms with Crippen molar-refractivity contribution < 1.29 is 19.0 Å². The fourth-order valence-electron chi connectivity index (χ4n) is 4.00. The van der Waals surface area contributed by atoms with E-state index in [1.165, 1.54) is 0 Å². The van der Waals surface area contributed by atoms with Gasteiger partial charge >= 0.3 is 0 Å².